The van der Waals surface area contributed by atoms with E-state index in [1.807, 2.05) is 22.9 Å². The molecule has 0 fully saturated rings. The Morgan fingerprint density at radius 1 is 1.03 bits per heavy atom. The molecule has 0 radical (unpaired) electrons. The summed E-state index contributed by atoms with van der Waals surface area (Å²) in [4.78, 5) is 4.65. The minimum absolute atomic E-state index is 0.302. The molecule has 4 aromatic rings. The van der Waals surface area contributed by atoms with Crippen LogP contribution in [0.1, 0.15) is 37.0 Å². The first-order valence-corrected chi connectivity index (χ1v) is 9.72. The van der Waals surface area contributed by atoms with Gasteiger partial charge in [-0.25, -0.2) is 14.8 Å². The summed E-state index contributed by atoms with van der Waals surface area (Å²) in [5.41, 5.74) is 9.98. The van der Waals surface area contributed by atoms with Gasteiger partial charge in [0.25, 0.3) is 0 Å². The Labute approximate surface area is 169 Å². The third-order valence-corrected chi connectivity index (χ3v) is 4.75. The molecule has 4 rings (SSSR count). The summed E-state index contributed by atoms with van der Waals surface area (Å²) in [5.74, 6) is 2.75. The molecule has 29 heavy (non-hydrogen) atoms. The monoisotopic (exact) mass is 388 g/mol. The smallest absolute Gasteiger partial charge is 0.180 e. The molecule has 0 bridgehead atoms. The van der Waals surface area contributed by atoms with Crippen molar-refractivity contribution in [3.63, 3.8) is 0 Å². The first kappa shape index (κ1) is 18.9. The molecule has 148 valence electrons. The lowest BCUT2D eigenvalue weighted by Crippen LogP contribution is -2.08. The zero-order valence-electron chi connectivity index (χ0n) is 16.6. The van der Waals surface area contributed by atoms with E-state index in [1.54, 1.807) is 0 Å². The molecule has 0 aliphatic rings. The van der Waals surface area contributed by atoms with Gasteiger partial charge in [-0.05, 0) is 33.7 Å². The van der Waals surface area contributed by atoms with E-state index in [4.69, 9.17) is 5.73 Å². The number of benzene rings is 2. The summed E-state index contributed by atoms with van der Waals surface area (Å²) in [6.07, 6.45) is 0.693. The van der Waals surface area contributed by atoms with E-state index in [1.165, 1.54) is 5.56 Å². The second-order valence-corrected chi connectivity index (χ2v) is 7.23. The van der Waals surface area contributed by atoms with Gasteiger partial charge in [-0.1, -0.05) is 62.4 Å². The average Bonchev–Trinajstić information content (AvgIpc) is 3.39. The predicted octanol–water partition coefficient (Wildman–Crippen LogP) is 2.80. The van der Waals surface area contributed by atoms with Gasteiger partial charge in [0, 0.05) is 17.9 Å². The highest BCUT2D eigenvalue weighted by atomic mass is 15.5. The van der Waals surface area contributed by atoms with Crippen LogP contribution in [0.2, 0.25) is 0 Å². The lowest BCUT2D eigenvalue weighted by Gasteiger charge is -2.10. The molecule has 3 N–H and O–H groups in total. The molecule has 0 aliphatic heterocycles. The number of hydrogen-bond acceptors (Lipinski definition) is 6. The normalized spacial score (nSPS) is 11.3. The van der Waals surface area contributed by atoms with Gasteiger partial charge >= 0.3 is 0 Å². The fourth-order valence-corrected chi connectivity index (χ4v) is 3.36. The molecule has 0 amide bonds. The van der Waals surface area contributed by atoms with Gasteiger partial charge in [-0.3, -0.25) is 0 Å². The van der Waals surface area contributed by atoms with Crippen molar-refractivity contribution in [2.45, 2.75) is 32.7 Å². The number of hydrogen-bond donors (Lipinski definition) is 2. The molecule has 0 saturated carbocycles. The third-order valence-electron chi connectivity index (χ3n) is 4.75. The van der Waals surface area contributed by atoms with Crippen LogP contribution in [-0.4, -0.2) is 41.9 Å². The minimum Gasteiger partial charge on any atom is -0.330 e. The van der Waals surface area contributed by atoms with Crippen LogP contribution < -0.4 is 5.73 Å². The van der Waals surface area contributed by atoms with Gasteiger partial charge in [0.05, 0.1) is 6.54 Å². The Balaban J connectivity index is 1.60. The highest BCUT2D eigenvalue weighted by Crippen LogP contribution is 2.29. The van der Waals surface area contributed by atoms with Crippen molar-refractivity contribution < 1.29 is 0 Å². The summed E-state index contributed by atoms with van der Waals surface area (Å²) in [5, 5.41) is 18.9. The maximum Gasteiger partial charge on any atom is 0.180 e. The van der Waals surface area contributed by atoms with Gasteiger partial charge < -0.3 is 5.73 Å². The highest BCUT2D eigenvalue weighted by molar-refractivity contribution is 5.80. The van der Waals surface area contributed by atoms with Crippen molar-refractivity contribution in [1.29, 1.82) is 0 Å². The third kappa shape index (κ3) is 4.07. The molecule has 2 aromatic carbocycles. The van der Waals surface area contributed by atoms with E-state index in [0.29, 0.717) is 31.3 Å². The molecule has 0 spiro atoms. The molecule has 0 atom stereocenters. The fraction of sp³-hybridized carbons (Fsp3) is 0.286. The molecule has 2 heterocycles. The van der Waals surface area contributed by atoms with Crippen LogP contribution in [0.25, 0.3) is 22.5 Å². The number of tetrazole rings is 1. The zero-order chi connectivity index (χ0) is 20.2. The minimum atomic E-state index is 0.302. The van der Waals surface area contributed by atoms with Gasteiger partial charge in [0.1, 0.15) is 5.82 Å². The number of nitrogens with two attached hydrogens (primary N) is 1. The van der Waals surface area contributed by atoms with Crippen molar-refractivity contribution in [3.8, 4) is 22.5 Å². The van der Waals surface area contributed by atoms with Crippen LogP contribution in [0.15, 0.2) is 48.5 Å². The largest absolute Gasteiger partial charge is 0.330 e. The molecule has 2 aromatic heterocycles. The van der Waals surface area contributed by atoms with Crippen molar-refractivity contribution in [2.24, 2.45) is 5.73 Å². The SMILES string of the molecule is CC(C)c1nc(CCN)nn1Cc1ccc(-c2ccccc2-c2nnn[nH]2)cc1. The van der Waals surface area contributed by atoms with E-state index in [0.717, 1.165) is 28.3 Å². The molecule has 8 heteroatoms. The van der Waals surface area contributed by atoms with Crippen molar-refractivity contribution in [1.82, 2.24) is 35.4 Å². The van der Waals surface area contributed by atoms with Gasteiger partial charge in [-0.15, -0.1) is 5.10 Å². The van der Waals surface area contributed by atoms with Crippen LogP contribution in [0, 0.1) is 0 Å². The van der Waals surface area contributed by atoms with Crippen LogP contribution >= 0.6 is 0 Å². The predicted molar refractivity (Wildman–Crippen MR) is 111 cm³/mol. The number of rotatable bonds is 7. The maximum absolute atomic E-state index is 5.66. The second kappa shape index (κ2) is 8.32. The molecular weight excluding hydrogens is 364 g/mol. The zero-order valence-corrected chi connectivity index (χ0v) is 16.6. The lowest BCUT2D eigenvalue weighted by atomic mass is 9.98. The number of aromatic amines is 1. The van der Waals surface area contributed by atoms with E-state index in [9.17, 15) is 0 Å². The Kier molecular flexibility index (Phi) is 5.44. The number of nitrogens with one attached hydrogen (secondary N) is 1. The summed E-state index contributed by atoms with van der Waals surface area (Å²) in [6.45, 7) is 5.49. The van der Waals surface area contributed by atoms with Crippen LogP contribution in [0.5, 0.6) is 0 Å². The van der Waals surface area contributed by atoms with E-state index in [-0.39, 0.29) is 0 Å². The van der Waals surface area contributed by atoms with Crippen molar-refractivity contribution in [2.75, 3.05) is 6.54 Å². The maximum atomic E-state index is 5.66. The van der Waals surface area contributed by atoms with E-state index < -0.39 is 0 Å². The number of H-pyrrole nitrogens is 1. The first-order valence-electron chi connectivity index (χ1n) is 9.72. The summed E-state index contributed by atoms with van der Waals surface area (Å²) >= 11 is 0. The standard InChI is InChI=1S/C21H24N8/c1-14(2)21-23-19(11-12-22)26-29(21)13-15-7-9-16(10-8-15)17-5-3-4-6-18(17)20-24-27-28-25-20/h3-10,14H,11-13,22H2,1-2H3,(H,24,25,27,28). The Bertz CT molecular complexity index is 1060. The van der Waals surface area contributed by atoms with E-state index >= 15 is 0 Å². The quantitative estimate of drug-likeness (QED) is 0.503. The Morgan fingerprint density at radius 2 is 1.79 bits per heavy atom. The molecule has 0 unspecified atom stereocenters. The topological polar surface area (TPSA) is 111 Å². The van der Waals surface area contributed by atoms with Gasteiger partial charge in [-0.2, -0.15) is 5.10 Å². The molecule has 0 aliphatic carbocycles. The van der Waals surface area contributed by atoms with Crippen molar-refractivity contribution in [3.05, 3.63) is 65.7 Å². The Morgan fingerprint density at radius 3 is 2.45 bits per heavy atom. The lowest BCUT2D eigenvalue weighted by molar-refractivity contribution is 0.603. The summed E-state index contributed by atoms with van der Waals surface area (Å²) < 4.78 is 1.98. The second-order valence-electron chi connectivity index (χ2n) is 7.23. The molecule has 8 nitrogen and oxygen atoms in total. The summed E-state index contributed by atoms with van der Waals surface area (Å²) in [7, 11) is 0. The van der Waals surface area contributed by atoms with Crippen LogP contribution in [0.3, 0.4) is 0 Å². The van der Waals surface area contributed by atoms with Gasteiger partial charge in [0.2, 0.25) is 0 Å². The average molecular weight is 388 g/mol. The highest BCUT2D eigenvalue weighted by Gasteiger charge is 2.14. The van der Waals surface area contributed by atoms with Crippen LogP contribution in [-0.2, 0) is 13.0 Å². The fourth-order valence-electron chi connectivity index (χ4n) is 3.36. The van der Waals surface area contributed by atoms with Gasteiger partial charge in [0.15, 0.2) is 11.6 Å². The molecular formula is C21H24N8. The van der Waals surface area contributed by atoms with Crippen molar-refractivity contribution >= 4 is 0 Å². The summed E-state index contributed by atoms with van der Waals surface area (Å²) in [6, 6.07) is 16.6. The molecule has 0 saturated heterocycles. The van der Waals surface area contributed by atoms with Crippen LogP contribution in [0.4, 0.5) is 0 Å². The Hall–Kier alpha value is -3.39. The van der Waals surface area contributed by atoms with E-state index in [2.05, 4.69) is 74.9 Å². The number of nitrogens with zero attached hydrogens (tertiary/aromatic N) is 6. The first-order chi connectivity index (χ1) is 14.2. The number of aromatic nitrogens is 7.